The van der Waals surface area contributed by atoms with Crippen LogP contribution in [0.3, 0.4) is 0 Å². The molecule has 2 N–H and O–H groups in total. The topological polar surface area (TPSA) is 113 Å². The molecule has 1 aliphatic rings. The van der Waals surface area contributed by atoms with E-state index in [1.807, 2.05) is 0 Å². The minimum atomic E-state index is -1.19. The number of anilines is 1. The summed E-state index contributed by atoms with van der Waals surface area (Å²) in [6.45, 7) is -1.29. The molecule has 8 nitrogen and oxygen atoms in total. The van der Waals surface area contributed by atoms with E-state index < -0.39 is 47.8 Å². The highest BCUT2D eigenvalue weighted by molar-refractivity contribution is 9.10. The van der Waals surface area contributed by atoms with Gasteiger partial charge in [-0.3, -0.25) is 19.3 Å². The number of nitrogens with zero attached hydrogens (tertiary/aromatic N) is 1. The van der Waals surface area contributed by atoms with Crippen LogP contribution in [0.4, 0.5) is 19.3 Å². The van der Waals surface area contributed by atoms with E-state index in [1.54, 1.807) is 12.1 Å². The Morgan fingerprint density at radius 2 is 1.94 bits per heavy atom. The second-order valence-electron chi connectivity index (χ2n) is 6.30. The number of carboxylic acids is 1. The lowest BCUT2D eigenvalue weighted by Gasteiger charge is -2.13. The summed E-state index contributed by atoms with van der Waals surface area (Å²) in [4.78, 5) is 48.5. The molecule has 3 amide bonds. The Morgan fingerprint density at radius 3 is 2.62 bits per heavy atom. The number of thioether (sulfide) groups is 1. The molecule has 3 rings (SSSR count). The Hall–Kier alpha value is -3.25. The van der Waals surface area contributed by atoms with Crippen LogP contribution < -0.4 is 10.1 Å². The summed E-state index contributed by atoms with van der Waals surface area (Å²) < 4.78 is 32.5. The van der Waals surface area contributed by atoms with E-state index in [2.05, 4.69) is 21.2 Å². The molecule has 32 heavy (non-hydrogen) atoms. The first-order chi connectivity index (χ1) is 15.1. The van der Waals surface area contributed by atoms with E-state index >= 15 is 0 Å². The number of ether oxygens (including phenoxy) is 1. The van der Waals surface area contributed by atoms with Gasteiger partial charge in [-0.05, 0) is 48.2 Å². The first kappa shape index (κ1) is 23.4. The average Bonchev–Trinajstić information content (AvgIpc) is 2.97. The van der Waals surface area contributed by atoms with Crippen molar-refractivity contribution in [3.05, 3.63) is 63.0 Å². The van der Waals surface area contributed by atoms with Gasteiger partial charge in [0, 0.05) is 16.1 Å². The van der Waals surface area contributed by atoms with Crippen molar-refractivity contribution in [2.45, 2.75) is 0 Å². The van der Waals surface area contributed by atoms with Crippen LogP contribution in [-0.2, 0) is 14.4 Å². The Bertz CT molecular complexity index is 1160. The molecule has 0 radical (unpaired) electrons. The lowest BCUT2D eigenvalue weighted by molar-refractivity contribution is -0.139. The number of carboxylic acid groups (broad SMARTS) is 1. The van der Waals surface area contributed by atoms with Crippen LogP contribution in [0.15, 0.2) is 45.8 Å². The SMILES string of the molecule is O=C(O)COc1ccc(Br)cc1/C=C1/SC(=O)N(CC(=O)Nc2ccc(F)cc2F)C1=O. The zero-order valence-electron chi connectivity index (χ0n) is 15.9. The molecule has 0 spiro atoms. The van der Waals surface area contributed by atoms with Gasteiger partial charge in [0.05, 0.1) is 10.6 Å². The van der Waals surface area contributed by atoms with Crippen molar-refractivity contribution < 1.29 is 37.8 Å². The monoisotopic (exact) mass is 526 g/mol. The highest BCUT2D eigenvalue weighted by Gasteiger charge is 2.36. The van der Waals surface area contributed by atoms with Gasteiger partial charge in [0.1, 0.15) is 23.9 Å². The molecule has 0 aromatic heterocycles. The van der Waals surface area contributed by atoms with Crippen LogP contribution in [0, 0.1) is 11.6 Å². The smallest absolute Gasteiger partial charge is 0.341 e. The van der Waals surface area contributed by atoms with Crippen LogP contribution >= 0.6 is 27.7 Å². The predicted octanol–water partition coefficient (Wildman–Crippen LogP) is 3.87. The summed E-state index contributed by atoms with van der Waals surface area (Å²) in [5.41, 5.74) is 0.0391. The minimum Gasteiger partial charge on any atom is -0.481 e. The van der Waals surface area contributed by atoms with Gasteiger partial charge < -0.3 is 15.2 Å². The zero-order chi connectivity index (χ0) is 23.4. The first-order valence-electron chi connectivity index (χ1n) is 8.78. The number of imide groups is 1. The van der Waals surface area contributed by atoms with Gasteiger partial charge in [-0.15, -0.1) is 0 Å². The third kappa shape index (κ3) is 5.71. The second-order valence-corrected chi connectivity index (χ2v) is 8.21. The number of halogens is 3. The van der Waals surface area contributed by atoms with Gasteiger partial charge in [-0.2, -0.15) is 0 Å². The Kier molecular flexibility index (Phi) is 7.26. The fraction of sp³-hybridized carbons (Fsp3) is 0.100. The largest absolute Gasteiger partial charge is 0.481 e. The number of hydrogen-bond acceptors (Lipinski definition) is 6. The lowest BCUT2D eigenvalue weighted by atomic mass is 10.2. The Labute approximate surface area is 192 Å². The summed E-state index contributed by atoms with van der Waals surface area (Å²) in [6.07, 6.45) is 1.34. The van der Waals surface area contributed by atoms with E-state index in [4.69, 9.17) is 9.84 Å². The van der Waals surface area contributed by atoms with E-state index in [-0.39, 0.29) is 16.3 Å². The maximum absolute atomic E-state index is 13.7. The molecule has 12 heteroatoms. The molecule has 1 fully saturated rings. The average molecular weight is 527 g/mol. The number of amides is 3. The first-order valence-corrected chi connectivity index (χ1v) is 10.4. The highest BCUT2D eigenvalue weighted by Crippen LogP contribution is 2.35. The third-order valence-electron chi connectivity index (χ3n) is 3.99. The van der Waals surface area contributed by atoms with E-state index in [9.17, 15) is 28.0 Å². The number of benzene rings is 2. The van der Waals surface area contributed by atoms with Gasteiger partial charge in [0.25, 0.3) is 11.1 Å². The molecular formula is C20H13BrF2N2O6S. The van der Waals surface area contributed by atoms with Crippen molar-refractivity contribution in [2.24, 2.45) is 0 Å². The maximum Gasteiger partial charge on any atom is 0.341 e. The van der Waals surface area contributed by atoms with Crippen molar-refractivity contribution in [1.82, 2.24) is 4.90 Å². The molecule has 0 saturated carbocycles. The fourth-order valence-corrected chi connectivity index (χ4v) is 3.81. The van der Waals surface area contributed by atoms with Crippen LogP contribution in [0.5, 0.6) is 5.75 Å². The molecule has 1 aliphatic heterocycles. The normalized spacial score (nSPS) is 14.7. The summed E-state index contributed by atoms with van der Waals surface area (Å²) in [6, 6.07) is 7.22. The van der Waals surface area contributed by atoms with Gasteiger partial charge in [-0.1, -0.05) is 15.9 Å². The van der Waals surface area contributed by atoms with Crippen molar-refractivity contribution >= 4 is 62.5 Å². The van der Waals surface area contributed by atoms with Crippen LogP contribution in [0.25, 0.3) is 6.08 Å². The van der Waals surface area contributed by atoms with Crippen molar-refractivity contribution in [1.29, 1.82) is 0 Å². The molecule has 2 aromatic rings. The van der Waals surface area contributed by atoms with Gasteiger partial charge in [0.15, 0.2) is 6.61 Å². The summed E-state index contributed by atoms with van der Waals surface area (Å²) in [5, 5.41) is 10.3. The predicted molar refractivity (Wildman–Crippen MR) is 115 cm³/mol. The van der Waals surface area contributed by atoms with E-state index in [0.29, 0.717) is 32.8 Å². The number of carbonyl (C=O) groups is 4. The van der Waals surface area contributed by atoms with Crippen LogP contribution in [-0.4, -0.2) is 46.2 Å². The van der Waals surface area contributed by atoms with E-state index in [0.717, 1.165) is 12.1 Å². The molecule has 166 valence electrons. The van der Waals surface area contributed by atoms with Gasteiger partial charge in [0.2, 0.25) is 5.91 Å². The van der Waals surface area contributed by atoms with Crippen LogP contribution in [0.2, 0.25) is 0 Å². The second kappa shape index (κ2) is 9.92. The summed E-state index contributed by atoms with van der Waals surface area (Å²) in [7, 11) is 0. The standard InChI is InChI=1S/C20H13BrF2N2O6S/c21-11-1-4-15(31-9-18(27)28)10(5-11)6-16-19(29)25(20(30)32-16)8-17(26)24-14-3-2-12(22)7-13(14)23/h1-7H,8-9H2,(H,24,26)(H,27,28)/b16-6+. The number of nitrogens with one attached hydrogen (secondary N) is 1. The molecule has 0 atom stereocenters. The molecule has 0 unspecified atom stereocenters. The van der Waals surface area contributed by atoms with Crippen molar-refractivity contribution in [2.75, 3.05) is 18.5 Å². The minimum absolute atomic E-state index is 0.0194. The third-order valence-corrected chi connectivity index (χ3v) is 5.39. The lowest BCUT2D eigenvalue weighted by Crippen LogP contribution is -2.36. The molecule has 1 heterocycles. The number of rotatable bonds is 7. The molecule has 0 bridgehead atoms. The Morgan fingerprint density at radius 1 is 1.19 bits per heavy atom. The number of carbonyl (C=O) groups excluding carboxylic acids is 3. The quantitative estimate of drug-likeness (QED) is 0.526. The summed E-state index contributed by atoms with van der Waals surface area (Å²) >= 11 is 3.84. The molecule has 2 aromatic carbocycles. The zero-order valence-corrected chi connectivity index (χ0v) is 18.3. The molecular weight excluding hydrogens is 514 g/mol. The molecule has 0 aliphatic carbocycles. The fourth-order valence-electron chi connectivity index (χ4n) is 2.60. The number of hydrogen-bond donors (Lipinski definition) is 2. The van der Waals surface area contributed by atoms with Gasteiger partial charge in [-0.25, -0.2) is 13.6 Å². The van der Waals surface area contributed by atoms with E-state index in [1.165, 1.54) is 12.1 Å². The molecule has 1 saturated heterocycles. The number of aliphatic carboxylic acids is 1. The maximum atomic E-state index is 13.7. The van der Waals surface area contributed by atoms with Crippen molar-refractivity contribution in [3.63, 3.8) is 0 Å². The summed E-state index contributed by atoms with van der Waals surface area (Å²) in [5.74, 6) is -4.47. The van der Waals surface area contributed by atoms with Gasteiger partial charge >= 0.3 is 5.97 Å². The Balaban J connectivity index is 1.76. The van der Waals surface area contributed by atoms with Crippen LogP contribution in [0.1, 0.15) is 5.56 Å². The highest BCUT2D eigenvalue weighted by atomic mass is 79.9. The van der Waals surface area contributed by atoms with Crippen molar-refractivity contribution in [3.8, 4) is 5.75 Å².